The minimum absolute atomic E-state index is 0.205. The van der Waals surface area contributed by atoms with E-state index in [1.165, 1.54) is 6.20 Å². The van der Waals surface area contributed by atoms with Crippen LogP contribution in [-0.2, 0) is 0 Å². The summed E-state index contributed by atoms with van der Waals surface area (Å²) < 4.78 is 14.8. The summed E-state index contributed by atoms with van der Waals surface area (Å²) in [6.07, 6.45) is 3.34. The zero-order valence-electron chi connectivity index (χ0n) is 15.3. The van der Waals surface area contributed by atoms with Crippen molar-refractivity contribution in [1.82, 2.24) is 15.0 Å². The zero-order valence-corrected chi connectivity index (χ0v) is 16.1. The molecular weight excluding hydrogens is 365 g/mol. The number of hydrogen-bond acceptors (Lipinski definition) is 5. The first-order chi connectivity index (χ1) is 13.0. The van der Waals surface area contributed by atoms with E-state index in [0.29, 0.717) is 21.6 Å². The number of aryl methyl sites for hydroxylation is 2. The van der Waals surface area contributed by atoms with Gasteiger partial charge in [0.25, 0.3) is 0 Å². The quantitative estimate of drug-likeness (QED) is 0.718. The molecule has 0 aliphatic carbocycles. The fourth-order valence-corrected chi connectivity index (χ4v) is 3.80. The SMILES string of the molecule is Cc1cc(N2CCC(Nc3ccc4c(Cl)ccnc4c3F)CC2)nc(C)n1. The molecule has 7 heteroatoms. The number of pyridine rings is 1. The van der Waals surface area contributed by atoms with E-state index in [9.17, 15) is 4.39 Å². The zero-order chi connectivity index (χ0) is 19.0. The van der Waals surface area contributed by atoms with Gasteiger partial charge in [0, 0.05) is 42.5 Å². The lowest BCUT2D eigenvalue weighted by Crippen LogP contribution is -2.39. The molecule has 140 valence electrons. The molecule has 1 aliphatic heterocycles. The number of halogens is 2. The van der Waals surface area contributed by atoms with Gasteiger partial charge in [-0.1, -0.05) is 11.6 Å². The molecule has 1 saturated heterocycles. The van der Waals surface area contributed by atoms with Crippen LogP contribution in [0.3, 0.4) is 0 Å². The van der Waals surface area contributed by atoms with Crippen LogP contribution >= 0.6 is 11.6 Å². The van der Waals surface area contributed by atoms with Gasteiger partial charge in [0.05, 0.1) is 10.7 Å². The fraction of sp³-hybridized carbons (Fsp3) is 0.350. The molecule has 1 aliphatic rings. The molecule has 3 aromatic rings. The second-order valence-corrected chi connectivity index (χ2v) is 7.34. The standard InChI is InChI=1S/C20H21ClFN5/c1-12-11-18(25-13(2)24-12)27-9-6-14(7-10-27)26-17-4-3-15-16(21)5-8-23-20(15)19(17)22/h3-5,8,11,14,26H,6-7,9-10H2,1-2H3. The van der Waals surface area contributed by atoms with E-state index in [2.05, 4.69) is 25.2 Å². The first kappa shape index (κ1) is 17.9. The number of piperidine rings is 1. The van der Waals surface area contributed by atoms with E-state index in [0.717, 1.165) is 43.3 Å². The minimum Gasteiger partial charge on any atom is -0.380 e. The Kier molecular flexibility index (Phi) is 4.83. The Morgan fingerprint density at radius 2 is 1.93 bits per heavy atom. The molecule has 1 fully saturated rings. The largest absolute Gasteiger partial charge is 0.380 e. The molecule has 0 radical (unpaired) electrons. The van der Waals surface area contributed by atoms with Crippen molar-refractivity contribution in [2.45, 2.75) is 32.7 Å². The minimum atomic E-state index is -0.348. The Labute approximate surface area is 162 Å². The predicted octanol–water partition coefficient (Wildman–Crippen LogP) is 4.52. The second-order valence-electron chi connectivity index (χ2n) is 6.94. The summed E-state index contributed by atoms with van der Waals surface area (Å²) >= 11 is 6.13. The van der Waals surface area contributed by atoms with Crippen LogP contribution < -0.4 is 10.2 Å². The average molecular weight is 386 g/mol. The summed E-state index contributed by atoms with van der Waals surface area (Å²) in [6.45, 7) is 5.63. The van der Waals surface area contributed by atoms with Crippen LogP contribution in [0.15, 0.2) is 30.5 Å². The van der Waals surface area contributed by atoms with Crippen molar-refractivity contribution >= 4 is 34.0 Å². The molecule has 0 unspecified atom stereocenters. The molecule has 3 heterocycles. The molecular formula is C20H21ClFN5. The monoisotopic (exact) mass is 385 g/mol. The van der Waals surface area contributed by atoms with E-state index in [1.807, 2.05) is 26.0 Å². The highest BCUT2D eigenvalue weighted by atomic mass is 35.5. The van der Waals surface area contributed by atoms with E-state index in [4.69, 9.17) is 11.6 Å². The Bertz CT molecular complexity index is 965. The predicted molar refractivity (Wildman–Crippen MR) is 107 cm³/mol. The highest BCUT2D eigenvalue weighted by Crippen LogP contribution is 2.29. The van der Waals surface area contributed by atoms with Crippen molar-refractivity contribution in [3.8, 4) is 0 Å². The third kappa shape index (κ3) is 3.67. The maximum atomic E-state index is 14.8. The van der Waals surface area contributed by atoms with Gasteiger partial charge in [-0.05, 0) is 44.9 Å². The first-order valence-electron chi connectivity index (χ1n) is 9.08. The number of benzene rings is 1. The molecule has 0 spiro atoms. The molecule has 0 amide bonds. The highest BCUT2D eigenvalue weighted by Gasteiger charge is 2.22. The van der Waals surface area contributed by atoms with Crippen LogP contribution in [0.4, 0.5) is 15.9 Å². The van der Waals surface area contributed by atoms with Crippen LogP contribution in [0.1, 0.15) is 24.4 Å². The average Bonchev–Trinajstić information content (AvgIpc) is 2.64. The summed E-state index contributed by atoms with van der Waals surface area (Å²) in [7, 11) is 0. The van der Waals surface area contributed by atoms with Crippen LogP contribution in [0.25, 0.3) is 10.9 Å². The molecule has 0 atom stereocenters. The topological polar surface area (TPSA) is 53.9 Å². The third-order valence-corrected chi connectivity index (χ3v) is 5.26. The van der Waals surface area contributed by atoms with Gasteiger partial charge in [0.1, 0.15) is 17.2 Å². The number of aromatic nitrogens is 3. The summed E-state index contributed by atoms with van der Waals surface area (Å²) in [5, 5.41) is 4.48. The van der Waals surface area contributed by atoms with Crippen LogP contribution in [0, 0.1) is 19.7 Å². The maximum Gasteiger partial charge on any atom is 0.172 e. The maximum absolute atomic E-state index is 14.8. The van der Waals surface area contributed by atoms with Gasteiger partial charge in [0.15, 0.2) is 5.82 Å². The summed E-state index contributed by atoms with van der Waals surface area (Å²) in [4.78, 5) is 15.3. The number of anilines is 2. The fourth-order valence-electron chi connectivity index (χ4n) is 3.59. The number of fused-ring (bicyclic) bond motifs is 1. The van der Waals surface area contributed by atoms with Crippen molar-refractivity contribution in [3.63, 3.8) is 0 Å². The molecule has 4 rings (SSSR count). The van der Waals surface area contributed by atoms with Crippen molar-refractivity contribution in [3.05, 3.63) is 52.8 Å². The van der Waals surface area contributed by atoms with Gasteiger partial charge in [0.2, 0.25) is 0 Å². The van der Waals surface area contributed by atoms with Crippen LogP contribution in [0.5, 0.6) is 0 Å². The first-order valence-corrected chi connectivity index (χ1v) is 9.45. The molecule has 5 nitrogen and oxygen atoms in total. The Hall–Kier alpha value is -2.47. The van der Waals surface area contributed by atoms with Gasteiger partial charge in [-0.2, -0.15) is 0 Å². The Morgan fingerprint density at radius 1 is 1.15 bits per heavy atom. The number of nitrogens with zero attached hydrogens (tertiary/aromatic N) is 4. The van der Waals surface area contributed by atoms with Crippen molar-refractivity contribution in [1.29, 1.82) is 0 Å². The number of nitrogens with one attached hydrogen (secondary N) is 1. The summed E-state index contributed by atoms with van der Waals surface area (Å²) in [6, 6.07) is 7.45. The lowest BCUT2D eigenvalue weighted by atomic mass is 10.0. The van der Waals surface area contributed by atoms with Gasteiger partial charge in [-0.3, -0.25) is 4.98 Å². The van der Waals surface area contributed by atoms with Crippen molar-refractivity contribution < 1.29 is 4.39 Å². The van der Waals surface area contributed by atoms with Crippen LogP contribution in [0.2, 0.25) is 5.02 Å². The van der Waals surface area contributed by atoms with E-state index in [-0.39, 0.29) is 11.9 Å². The van der Waals surface area contributed by atoms with Gasteiger partial charge in [-0.25, -0.2) is 14.4 Å². The van der Waals surface area contributed by atoms with Crippen molar-refractivity contribution in [2.24, 2.45) is 0 Å². The van der Waals surface area contributed by atoms with Gasteiger partial charge < -0.3 is 10.2 Å². The lowest BCUT2D eigenvalue weighted by Gasteiger charge is -2.34. The summed E-state index contributed by atoms with van der Waals surface area (Å²) in [5.41, 5.74) is 1.75. The second kappa shape index (κ2) is 7.27. The third-order valence-electron chi connectivity index (χ3n) is 4.93. The van der Waals surface area contributed by atoms with Crippen molar-refractivity contribution in [2.75, 3.05) is 23.3 Å². The molecule has 2 aromatic heterocycles. The molecule has 0 saturated carbocycles. The lowest BCUT2D eigenvalue weighted by molar-refractivity contribution is 0.519. The van der Waals surface area contributed by atoms with E-state index in [1.54, 1.807) is 12.1 Å². The smallest absolute Gasteiger partial charge is 0.172 e. The normalized spacial score (nSPS) is 15.3. The van der Waals surface area contributed by atoms with Gasteiger partial charge >= 0.3 is 0 Å². The molecule has 1 aromatic carbocycles. The molecule has 27 heavy (non-hydrogen) atoms. The Morgan fingerprint density at radius 3 is 2.67 bits per heavy atom. The van der Waals surface area contributed by atoms with Gasteiger partial charge in [-0.15, -0.1) is 0 Å². The number of rotatable bonds is 3. The summed E-state index contributed by atoms with van der Waals surface area (Å²) in [5.74, 6) is 1.41. The van der Waals surface area contributed by atoms with E-state index < -0.39 is 0 Å². The number of hydrogen-bond donors (Lipinski definition) is 1. The molecule has 0 bridgehead atoms. The molecule has 1 N–H and O–H groups in total. The highest BCUT2D eigenvalue weighted by molar-refractivity contribution is 6.35. The van der Waals surface area contributed by atoms with Crippen LogP contribution in [-0.4, -0.2) is 34.1 Å². The van der Waals surface area contributed by atoms with E-state index >= 15 is 0 Å². The Balaban J connectivity index is 1.46.